The molecule has 1 heteroatoms. The van der Waals surface area contributed by atoms with Crippen molar-refractivity contribution in [3.05, 3.63) is 144 Å². The molecule has 0 amide bonds. The predicted molar refractivity (Wildman–Crippen MR) is 145 cm³/mol. The summed E-state index contributed by atoms with van der Waals surface area (Å²) in [5.41, 5.74) is 4.35. The Labute approximate surface area is 205 Å². The topological polar surface area (TPSA) is 20.2 Å². The molecule has 168 valence electrons. The average Bonchev–Trinajstić information content (AvgIpc) is 2.92. The number of fused-ring (bicyclic) bond motifs is 4. The lowest BCUT2D eigenvalue weighted by Crippen LogP contribution is -2.45. The summed E-state index contributed by atoms with van der Waals surface area (Å²) in [7, 11) is 0. The van der Waals surface area contributed by atoms with E-state index in [0.29, 0.717) is 0 Å². The maximum Gasteiger partial charge on any atom is 0.122 e. The van der Waals surface area contributed by atoms with Crippen molar-refractivity contribution >= 4 is 21.5 Å². The van der Waals surface area contributed by atoms with Gasteiger partial charge < -0.3 is 5.11 Å². The first-order chi connectivity index (χ1) is 17.2. The molecule has 5 aromatic rings. The van der Waals surface area contributed by atoms with Crippen molar-refractivity contribution in [1.82, 2.24) is 0 Å². The fourth-order valence-corrected chi connectivity index (χ4v) is 6.37. The molecule has 0 spiro atoms. The molecule has 0 saturated heterocycles. The number of hydrogen-bond donors (Lipinski definition) is 1. The van der Waals surface area contributed by atoms with Crippen molar-refractivity contribution in [3.8, 4) is 11.1 Å². The molecule has 0 heterocycles. The molecule has 7 rings (SSSR count). The lowest BCUT2D eigenvalue weighted by molar-refractivity contribution is 0.0101. The fraction of sp³-hybridized carbons (Fsp3) is 0.118. The van der Waals surface area contributed by atoms with Gasteiger partial charge in [-0.15, -0.1) is 0 Å². The van der Waals surface area contributed by atoms with Gasteiger partial charge in [0.05, 0.1) is 0 Å². The molecule has 1 nitrogen and oxygen atoms in total. The molecule has 0 bridgehead atoms. The molecule has 5 aromatic carbocycles. The zero-order valence-electron chi connectivity index (χ0n) is 19.4. The molecular weight excluding hydrogens is 424 g/mol. The van der Waals surface area contributed by atoms with Gasteiger partial charge in [-0.3, -0.25) is 0 Å². The summed E-state index contributed by atoms with van der Waals surface area (Å²) in [6.45, 7) is 0. The minimum atomic E-state index is -1.15. The first-order valence-electron chi connectivity index (χ1n) is 12.4. The third-order valence-electron chi connectivity index (χ3n) is 7.97. The standard InChI is InChI=1S/C34H26O/c35-34(31-19-18-23-10-6-8-16-29(23)33(31)24-11-2-1-3-12-24)30-17-9-7-15-27(30)21-28-20-25-13-4-5-14-26(25)22-32(28)34/h1-20,22,27,30,35H,21H2. The van der Waals surface area contributed by atoms with Crippen molar-refractivity contribution in [2.75, 3.05) is 0 Å². The first-order valence-corrected chi connectivity index (χ1v) is 12.4. The number of allylic oxidation sites excluding steroid dienone is 3. The van der Waals surface area contributed by atoms with Crippen LogP contribution < -0.4 is 0 Å². The molecule has 0 aliphatic heterocycles. The Hall–Kier alpha value is -3.94. The molecule has 3 atom stereocenters. The smallest absolute Gasteiger partial charge is 0.122 e. The zero-order chi connectivity index (χ0) is 23.4. The van der Waals surface area contributed by atoms with E-state index in [-0.39, 0.29) is 11.8 Å². The van der Waals surface area contributed by atoms with Crippen molar-refractivity contribution in [3.63, 3.8) is 0 Å². The normalized spacial score (nSPS) is 22.8. The summed E-state index contributed by atoms with van der Waals surface area (Å²) >= 11 is 0. The third kappa shape index (κ3) is 3.05. The van der Waals surface area contributed by atoms with Crippen LogP contribution in [0, 0.1) is 11.8 Å². The summed E-state index contributed by atoms with van der Waals surface area (Å²) in [6, 6.07) is 36.4. The maximum atomic E-state index is 13.1. The van der Waals surface area contributed by atoms with E-state index in [1.54, 1.807) is 0 Å². The third-order valence-corrected chi connectivity index (χ3v) is 7.97. The van der Waals surface area contributed by atoms with Crippen LogP contribution >= 0.6 is 0 Å². The Morgan fingerprint density at radius 3 is 2.14 bits per heavy atom. The lowest BCUT2D eigenvalue weighted by atomic mass is 9.61. The summed E-state index contributed by atoms with van der Waals surface area (Å²) < 4.78 is 0. The van der Waals surface area contributed by atoms with Crippen LogP contribution in [-0.2, 0) is 12.0 Å². The van der Waals surface area contributed by atoms with E-state index < -0.39 is 5.60 Å². The molecule has 0 radical (unpaired) electrons. The Morgan fingerprint density at radius 1 is 0.629 bits per heavy atom. The zero-order valence-corrected chi connectivity index (χ0v) is 19.4. The average molecular weight is 451 g/mol. The molecule has 35 heavy (non-hydrogen) atoms. The van der Waals surface area contributed by atoms with E-state index in [0.717, 1.165) is 28.7 Å². The van der Waals surface area contributed by atoms with Crippen LogP contribution in [-0.4, -0.2) is 5.11 Å². The van der Waals surface area contributed by atoms with Crippen molar-refractivity contribution in [2.45, 2.75) is 12.0 Å². The van der Waals surface area contributed by atoms with Crippen LogP contribution in [0.2, 0.25) is 0 Å². The van der Waals surface area contributed by atoms with Gasteiger partial charge in [0, 0.05) is 5.92 Å². The number of benzene rings is 5. The van der Waals surface area contributed by atoms with Crippen molar-refractivity contribution in [1.29, 1.82) is 0 Å². The highest BCUT2D eigenvalue weighted by Crippen LogP contribution is 2.53. The van der Waals surface area contributed by atoms with Crippen LogP contribution in [0.5, 0.6) is 0 Å². The monoisotopic (exact) mass is 450 g/mol. The molecule has 2 aliphatic rings. The van der Waals surface area contributed by atoms with Gasteiger partial charge in [0.25, 0.3) is 0 Å². The van der Waals surface area contributed by atoms with E-state index in [2.05, 4.69) is 127 Å². The SMILES string of the molecule is OC1(c2ccc3ccccc3c2-c2ccccc2)c2cc3ccccc3cc2CC2C=CC=CC21. The molecular formula is C34H26O. The van der Waals surface area contributed by atoms with Crippen LogP contribution in [0.1, 0.15) is 16.7 Å². The Morgan fingerprint density at radius 2 is 1.31 bits per heavy atom. The van der Waals surface area contributed by atoms with Crippen molar-refractivity contribution in [2.24, 2.45) is 11.8 Å². The maximum absolute atomic E-state index is 13.1. The Balaban J connectivity index is 1.60. The fourth-order valence-electron chi connectivity index (χ4n) is 6.37. The quantitative estimate of drug-likeness (QED) is 0.291. The van der Waals surface area contributed by atoms with Gasteiger partial charge in [-0.05, 0) is 67.8 Å². The molecule has 1 N–H and O–H groups in total. The predicted octanol–water partition coefficient (Wildman–Crippen LogP) is 7.81. The molecule has 2 aliphatic carbocycles. The van der Waals surface area contributed by atoms with E-state index in [4.69, 9.17) is 0 Å². The summed E-state index contributed by atoms with van der Waals surface area (Å²) in [4.78, 5) is 0. The van der Waals surface area contributed by atoms with Gasteiger partial charge in [-0.1, -0.05) is 121 Å². The van der Waals surface area contributed by atoms with E-state index in [1.165, 1.54) is 27.1 Å². The van der Waals surface area contributed by atoms with Gasteiger partial charge in [0.1, 0.15) is 5.60 Å². The second kappa shape index (κ2) is 7.80. The highest BCUT2D eigenvalue weighted by atomic mass is 16.3. The van der Waals surface area contributed by atoms with Crippen molar-refractivity contribution < 1.29 is 5.11 Å². The van der Waals surface area contributed by atoms with Crippen LogP contribution in [0.15, 0.2) is 127 Å². The summed E-state index contributed by atoms with van der Waals surface area (Å²) in [5, 5.41) is 17.8. The molecule has 0 aromatic heterocycles. The largest absolute Gasteiger partial charge is 0.380 e. The second-order valence-electron chi connectivity index (χ2n) is 9.86. The number of aliphatic hydroxyl groups is 1. The van der Waals surface area contributed by atoms with Gasteiger partial charge in [0.2, 0.25) is 0 Å². The molecule has 3 unspecified atom stereocenters. The number of hydrogen-bond acceptors (Lipinski definition) is 1. The Kier molecular flexibility index (Phi) is 4.55. The van der Waals surface area contributed by atoms with Gasteiger partial charge in [-0.25, -0.2) is 0 Å². The second-order valence-corrected chi connectivity index (χ2v) is 9.86. The van der Waals surface area contributed by atoms with E-state index in [1.807, 2.05) is 0 Å². The highest BCUT2D eigenvalue weighted by Gasteiger charge is 2.48. The number of rotatable bonds is 2. The first kappa shape index (κ1) is 20.4. The van der Waals surface area contributed by atoms with E-state index >= 15 is 0 Å². The van der Waals surface area contributed by atoms with Gasteiger partial charge in [0.15, 0.2) is 0 Å². The van der Waals surface area contributed by atoms with Gasteiger partial charge >= 0.3 is 0 Å². The highest BCUT2D eigenvalue weighted by molar-refractivity contribution is 5.99. The molecule has 0 saturated carbocycles. The minimum Gasteiger partial charge on any atom is -0.380 e. The van der Waals surface area contributed by atoms with E-state index in [9.17, 15) is 5.11 Å². The van der Waals surface area contributed by atoms with Crippen LogP contribution in [0.25, 0.3) is 32.7 Å². The summed E-state index contributed by atoms with van der Waals surface area (Å²) in [5.74, 6) is 0.207. The lowest BCUT2D eigenvalue weighted by Gasteiger charge is -2.46. The Bertz CT molecular complexity index is 1640. The summed E-state index contributed by atoms with van der Waals surface area (Å²) in [6.07, 6.45) is 9.65. The van der Waals surface area contributed by atoms with Crippen LogP contribution in [0.4, 0.5) is 0 Å². The van der Waals surface area contributed by atoms with Gasteiger partial charge in [-0.2, -0.15) is 0 Å². The van der Waals surface area contributed by atoms with Crippen LogP contribution in [0.3, 0.4) is 0 Å². The minimum absolute atomic E-state index is 0.0372. The molecule has 0 fully saturated rings.